The quantitative estimate of drug-likeness (QED) is 0.776. The number of aromatic hydroxyl groups is 1. The lowest BCUT2D eigenvalue weighted by Crippen LogP contribution is -2.36. The van der Waals surface area contributed by atoms with E-state index in [9.17, 15) is 9.50 Å². The molecule has 0 bridgehead atoms. The minimum absolute atomic E-state index is 0.0544. The first-order valence-corrected chi connectivity index (χ1v) is 8.52. The summed E-state index contributed by atoms with van der Waals surface area (Å²) in [6, 6.07) is 5.01. The largest absolute Gasteiger partial charge is 0.507 e. The van der Waals surface area contributed by atoms with Crippen LogP contribution in [-0.2, 0) is 0 Å². The average Bonchev–Trinajstić information content (AvgIpc) is 3.33. The number of imidazole rings is 1. The number of alkyl halides is 1. The van der Waals surface area contributed by atoms with Crippen molar-refractivity contribution in [2.45, 2.75) is 31.5 Å². The molecule has 134 valence electrons. The molecule has 2 atom stereocenters. The van der Waals surface area contributed by atoms with Gasteiger partial charge in [-0.2, -0.15) is 0 Å². The van der Waals surface area contributed by atoms with Crippen LogP contribution in [0.2, 0.25) is 0 Å². The Morgan fingerprint density at radius 1 is 1.27 bits per heavy atom. The van der Waals surface area contributed by atoms with Crippen LogP contribution in [0.1, 0.15) is 19.3 Å². The summed E-state index contributed by atoms with van der Waals surface area (Å²) in [5, 5.41) is 18.6. The second kappa shape index (κ2) is 6.70. The number of phenolic OH excluding ortho intramolecular Hbond substituents is 1. The number of halogens is 1. The number of hydrogen-bond donors (Lipinski definition) is 1. The first kappa shape index (κ1) is 16.4. The highest BCUT2D eigenvalue weighted by Gasteiger charge is 2.31. The molecule has 0 radical (unpaired) electrons. The minimum Gasteiger partial charge on any atom is -0.507 e. The number of nitrogens with zero attached hydrogens (tertiary/aromatic N) is 6. The molecular weight excluding hydrogens is 335 g/mol. The van der Waals surface area contributed by atoms with Crippen molar-refractivity contribution in [3.05, 3.63) is 43.1 Å². The molecule has 3 aromatic rings. The van der Waals surface area contributed by atoms with E-state index in [1.807, 2.05) is 13.1 Å². The molecule has 0 aliphatic heterocycles. The maximum atomic E-state index is 13.9. The van der Waals surface area contributed by atoms with Gasteiger partial charge >= 0.3 is 0 Å². The minimum atomic E-state index is -0.846. The van der Waals surface area contributed by atoms with E-state index < -0.39 is 6.17 Å². The summed E-state index contributed by atoms with van der Waals surface area (Å²) in [5.41, 5.74) is 1.27. The van der Waals surface area contributed by atoms with Gasteiger partial charge in [-0.1, -0.05) is 0 Å². The van der Waals surface area contributed by atoms with Gasteiger partial charge in [-0.3, -0.25) is 0 Å². The van der Waals surface area contributed by atoms with Gasteiger partial charge in [-0.05, 0) is 31.4 Å². The van der Waals surface area contributed by atoms with Crippen LogP contribution < -0.4 is 4.90 Å². The van der Waals surface area contributed by atoms with E-state index in [-0.39, 0.29) is 11.8 Å². The summed E-state index contributed by atoms with van der Waals surface area (Å²) in [5.74, 6) is 0.900. The number of aromatic nitrogens is 5. The number of hydrogen-bond acceptors (Lipinski definition) is 6. The number of rotatable bonds is 4. The van der Waals surface area contributed by atoms with Gasteiger partial charge in [0.15, 0.2) is 11.6 Å². The SMILES string of the molecule is CN(c1cnc(-c2ccc(-n3ccnc3)cc2O)nn1)[C@H]1CCC[C@H]1F. The first-order valence-electron chi connectivity index (χ1n) is 8.52. The molecule has 1 aliphatic rings. The first-order chi connectivity index (χ1) is 12.6. The van der Waals surface area contributed by atoms with Gasteiger partial charge in [0, 0.05) is 25.5 Å². The summed E-state index contributed by atoms with van der Waals surface area (Å²) in [6.07, 6.45) is 8.10. The Hall–Kier alpha value is -3.03. The summed E-state index contributed by atoms with van der Waals surface area (Å²) in [7, 11) is 1.81. The average molecular weight is 354 g/mol. The van der Waals surface area contributed by atoms with Gasteiger partial charge in [0.05, 0.1) is 29.8 Å². The highest BCUT2D eigenvalue weighted by atomic mass is 19.1. The zero-order valence-electron chi connectivity index (χ0n) is 14.3. The number of benzene rings is 1. The summed E-state index contributed by atoms with van der Waals surface area (Å²) < 4.78 is 15.7. The second-order valence-electron chi connectivity index (χ2n) is 6.44. The van der Waals surface area contributed by atoms with E-state index in [2.05, 4.69) is 20.2 Å². The standard InChI is InChI=1S/C18H19FN6O/c1-24(15-4-2-3-14(15)19)17-10-21-18(23-22-17)13-6-5-12(9-16(13)26)25-8-7-20-11-25/h5-11,14-15,26H,2-4H2,1H3/t14-,15+/m1/s1. The molecule has 8 heteroatoms. The Bertz CT molecular complexity index is 883. The Morgan fingerprint density at radius 2 is 2.15 bits per heavy atom. The third kappa shape index (κ3) is 2.98. The Balaban J connectivity index is 1.57. The predicted molar refractivity (Wildman–Crippen MR) is 95.0 cm³/mol. The molecule has 0 amide bonds. The molecular formula is C18H19FN6O. The molecule has 2 heterocycles. The Morgan fingerprint density at radius 3 is 2.77 bits per heavy atom. The molecule has 1 N–H and O–H groups in total. The van der Waals surface area contributed by atoms with Gasteiger partial charge in [-0.15, -0.1) is 10.2 Å². The van der Waals surface area contributed by atoms with E-state index >= 15 is 0 Å². The Labute approximate surface area is 150 Å². The maximum absolute atomic E-state index is 13.9. The van der Waals surface area contributed by atoms with Gasteiger partial charge in [-0.25, -0.2) is 14.4 Å². The third-order valence-electron chi connectivity index (χ3n) is 4.83. The van der Waals surface area contributed by atoms with Crippen molar-refractivity contribution >= 4 is 5.82 Å². The van der Waals surface area contributed by atoms with Crippen LogP contribution >= 0.6 is 0 Å². The van der Waals surface area contributed by atoms with Gasteiger partial charge in [0.25, 0.3) is 0 Å². The van der Waals surface area contributed by atoms with Gasteiger partial charge in [0.1, 0.15) is 11.9 Å². The summed E-state index contributed by atoms with van der Waals surface area (Å²) >= 11 is 0. The van der Waals surface area contributed by atoms with Crippen molar-refractivity contribution in [2.24, 2.45) is 0 Å². The molecule has 0 unspecified atom stereocenters. The fourth-order valence-electron chi connectivity index (χ4n) is 3.34. The molecule has 1 saturated carbocycles. The molecule has 1 aliphatic carbocycles. The van der Waals surface area contributed by atoms with Gasteiger partial charge < -0.3 is 14.6 Å². The third-order valence-corrected chi connectivity index (χ3v) is 4.83. The van der Waals surface area contributed by atoms with Crippen LogP contribution in [-0.4, -0.2) is 49.1 Å². The zero-order chi connectivity index (χ0) is 18.1. The van der Waals surface area contributed by atoms with Crippen molar-refractivity contribution in [2.75, 3.05) is 11.9 Å². The normalized spacial score (nSPS) is 19.6. The van der Waals surface area contributed by atoms with Crippen LogP contribution in [0.5, 0.6) is 5.75 Å². The molecule has 0 spiro atoms. The van der Waals surface area contributed by atoms with E-state index in [1.165, 1.54) is 0 Å². The van der Waals surface area contributed by atoms with Crippen LogP contribution in [0, 0.1) is 0 Å². The lowest BCUT2D eigenvalue weighted by atomic mass is 10.1. The van der Waals surface area contributed by atoms with Crippen molar-refractivity contribution < 1.29 is 9.50 Å². The van der Waals surface area contributed by atoms with Crippen molar-refractivity contribution in [3.8, 4) is 22.8 Å². The predicted octanol–water partition coefficient (Wildman–Crippen LogP) is 2.76. The summed E-state index contributed by atoms with van der Waals surface area (Å²) in [6.45, 7) is 0. The second-order valence-corrected chi connectivity index (χ2v) is 6.44. The highest BCUT2D eigenvalue weighted by molar-refractivity contribution is 5.66. The molecule has 1 fully saturated rings. The van der Waals surface area contributed by atoms with Crippen molar-refractivity contribution in [1.29, 1.82) is 0 Å². The van der Waals surface area contributed by atoms with Crippen molar-refractivity contribution in [3.63, 3.8) is 0 Å². The fraction of sp³-hybridized carbons (Fsp3) is 0.333. The smallest absolute Gasteiger partial charge is 0.185 e. The van der Waals surface area contributed by atoms with Crippen LogP contribution in [0.25, 0.3) is 17.1 Å². The van der Waals surface area contributed by atoms with Crippen LogP contribution in [0.4, 0.5) is 10.2 Å². The lowest BCUT2D eigenvalue weighted by molar-refractivity contribution is 0.306. The van der Waals surface area contributed by atoms with E-state index in [1.54, 1.807) is 46.5 Å². The fourth-order valence-corrected chi connectivity index (χ4v) is 3.34. The topological polar surface area (TPSA) is 80.0 Å². The molecule has 2 aromatic heterocycles. The monoisotopic (exact) mass is 354 g/mol. The maximum Gasteiger partial charge on any atom is 0.185 e. The summed E-state index contributed by atoms with van der Waals surface area (Å²) in [4.78, 5) is 10.1. The van der Waals surface area contributed by atoms with Crippen LogP contribution in [0.15, 0.2) is 43.1 Å². The van der Waals surface area contributed by atoms with Gasteiger partial charge in [0.2, 0.25) is 0 Å². The highest BCUT2D eigenvalue weighted by Crippen LogP contribution is 2.30. The van der Waals surface area contributed by atoms with Crippen LogP contribution in [0.3, 0.4) is 0 Å². The number of phenols is 1. The number of anilines is 1. The molecule has 26 heavy (non-hydrogen) atoms. The molecule has 0 saturated heterocycles. The van der Waals surface area contributed by atoms with E-state index in [0.717, 1.165) is 18.5 Å². The van der Waals surface area contributed by atoms with E-state index in [0.29, 0.717) is 23.6 Å². The Kier molecular flexibility index (Phi) is 4.24. The lowest BCUT2D eigenvalue weighted by Gasteiger charge is -2.26. The molecule has 7 nitrogen and oxygen atoms in total. The molecule has 1 aromatic carbocycles. The van der Waals surface area contributed by atoms with E-state index in [4.69, 9.17) is 0 Å². The zero-order valence-corrected chi connectivity index (χ0v) is 14.3. The molecule has 4 rings (SSSR count). The van der Waals surface area contributed by atoms with Crippen molar-refractivity contribution in [1.82, 2.24) is 24.7 Å².